The molecule has 4 heterocycles. The zero-order chi connectivity index (χ0) is 35.3. The van der Waals surface area contributed by atoms with E-state index in [9.17, 15) is 9.90 Å². The lowest BCUT2D eigenvalue weighted by Crippen LogP contribution is -2.59. The predicted molar refractivity (Wildman–Crippen MR) is 195 cm³/mol. The molecule has 0 aromatic heterocycles. The van der Waals surface area contributed by atoms with Crippen molar-refractivity contribution >= 4 is 39.9 Å². The summed E-state index contributed by atoms with van der Waals surface area (Å²) in [4.78, 5) is 50.1. The van der Waals surface area contributed by atoms with Crippen molar-refractivity contribution in [3.63, 3.8) is 0 Å². The smallest absolute Gasteiger partial charge is 0.253 e. The highest BCUT2D eigenvalue weighted by Gasteiger charge is 2.75. The van der Waals surface area contributed by atoms with E-state index < -0.39 is 35.1 Å². The third-order valence-electron chi connectivity index (χ3n) is 10.9. The molecule has 4 aromatic rings. The van der Waals surface area contributed by atoms with Crippen LogP contribution in [0.2, 0.25) is 0 Å². The normalized spacial score (nSPS) is 27.6. The van der Waals surface area contributed by atoms with E-state index in [-0.39, 0.29) is 30.9 Å². The maximum Gasteiger partial charge on any atom is 0.253 e. The van der Waals surface area contributed by atoms with Crippen molar-refractivity contribution in [3.05, 3.63) is 127 Å². The number of anilines is 2. The number of hydrogen-bond acceptors (Lipinski definition) is 6. The number of aliphatic hydroxyl groups excluding tert-OH is 1. The number of carbonyl (C=O) groups excluding carboxylic acids is 3. The average molecular weight is 684 g/mol. The summed E-state index contributed by atoms with van der Waals surface area (Å²) >= 11 is 0. The molecule has 1 spiro atoms. The number of likely N-dealkylation sites (tertiary alicyclic amines) is 1. The maximum absolute atomic E-state index is 15.2. The number of hydrogen-bond donors (Lipinski definition) is 1. The van der Waals surface area contributed by atoms with Crippen molar-refractivity contribution in [2.45, 2.75) is 43.6 Å². The van der Waals surface area contributed by atoms with Crippen LogP contribution in [0.5, 0.6) is 5.75 Å². The first-order chi connectivity index (χ1) is 24.8. The van der Waals surface area contributed by atoms with Crippen LogP contribution in [0, 0.1) is 11.8 Å². The van der Waals surface area contributed by atoms with Gasteiger partial charge in [0, 0.05) is 24.5 Å². The Morgan fingerprint density at radius 1 is 0.784 bits per heavy atom. The summed E-state index contributed by atoms with van der Waals surface area (Å²) in [5, 5.41) is 13.0. The Hall–Kier alpha value is -5.25. The van der Waals surface area contributed by atoms with Crippen LogP contribution in [0.3, 0.4) is 0 Å². The van der Waals surface area contributed by atoms with Crippen molar-refractivity contribution in [1.29, 1.82) is 0 Å². The largest absolute Gasteiger partial charge is 0.494 e. The molecule has 9 heteroatoms. The molecule has 2 saturated heterocycles. The van der Waals surface area contributed by atoms with E-state index in [4.69, 9.17) is 9.47 Å². The summed E-state index contributed by atoms with van der Waals surface area (Å²) in [7, 11) is 0. The van der Waals surface area contributed by atoms with Gasteiger partial charge >= 0.3 is 0 Å². The van der Waals surface area contributed by atoms with Crippen LogP contribution in [0.25, 0.3) is 10.8 Å². The number of nitrogens with zero attached hydrogens (tertiary/aromatic N) is 3. The number of ether oxygens (including phenoxy) is 2. The first-order valence-corrected chi connectivity index (χ1v) is 17.6. The van der Waals surface area contributed by atoms with Crippen LogP contribution in [0.15, 0.2) is 121 Å². The number of fused-ring (bicyclic) bond motifs is 3. The van der Waals surface area contributed by atoms with Gasteiger partial charge < -0.3 is 29.3 Å². The number of aliphatic hydroxyl groups is 1. The molecule has 9 nitrogen and oxygen atoms in total. The van der Waals surface area contributed by atoms with Crippen LogP contribution in [-0.2, 0) is 25.5 Å². The fourth-order valence-corrected chi connectivity index (χ4v) is 8.69. The molecular formula is C42H41N3O6. The Balaban J connectivity index is 1.24. The molecule has 0 bridgehead atoms. The molecule has 0 saturated carbocycles. The Bertz CT molecular complexity index is 2050. The van der Waals surface area contributed by atoms with Gasteiger partial charge in [-0.2, -0.15) is 0 Å². The number of amides is 3. The first-order valence-electron chi connectivity index (χ1n) is 17.6. The second-order valence-electron chi connectivity index (χ2n) is 13.9. The molecule has 3 amide bonds. The van der Waals surface area contributed by atoms with E-state index in [1.807, 2.05) is 135 Å². The molecule has 0 aliphatic carbocycles. The van der Waals surface area contributed by atoms with E-state index in [0.29, 0.717) is 36.7 Å². The lowest BCUT2D eigenvalue weighted by Gasteiger charge is -2.40. The van der Waals surface area contributed by atoms with Gasteiger partial charge in [-0.3, -0.25) is 14.4 Å². The number of rotatable bonds is 8. The Kier molecular flexibility index (Phi) is 8.27. The molecule has 4 aliphatic heterocycles. The second kappa shape index (κ2) is 12.8. The summed E-state index contributed by atoms with van der Waals surface area (Å²) in [5.41, 5.74) is -0.372. The summed E-state index contributed by atoms with van der Waals surface area (Å²) in [6.45, 7) is 4.45. The SMILES string of the molecule is CCOc1ccc(N2CC=C[C@@]3(C)O[C@]45C=CCN(c6ccc7ccccc7c6)C(=O)C4N([C@@H](CO)Cc4ccccc4)C(=O)[C@@H]5[C@H]3C2=O)cc1. The Morgan fingerprint density at radius 3 is 2.18 bits per heavy atom. The van der Waals surface area contributed by atoms with Gasteiger partial charge in [0.15, 0.2) is 0 Å². The van der Waals surface area contributed by atoms with Gasteiger partial charge in [-0.1, -0.05) is 85.0 Å². The molecule has 2 fully saturated rings. The third-order valence-corrected chi connectivity index (χ3v) is 10.9. The van der Waals surface area contributed by atoms with Crippen LogP contribution >= 0.6 is 0 Å². The number of carbonyl (C=O) groups is 3. The molecule has 8 rings (SSSR count). The summed E-state index contributed by atoms with van der Waals surface area (Å²) in [6.07, 6.45) is 7.83. The highest BCUT2D eigenvalue weighted by molar-refractivity contribution is 6.08. The quantitative estimate of drug-likeness (QED) is 0.253. The Labute approximate surface area is 297 Å². The third kappa shape index (κ3) is 5.34. The average Bonchev–Trinajstić information content (AvgIpc) is 3.42. The fraction of sp³-hybridized carbons (Fsp3) is 0.310. The summed E-state index contributed by atoms with van der Waals surface area (Å²) < 4.78 is 12.7. The van der Waals surface area contributed by atoms with Gasteiger partial charge in [-0.15, -0.1) is 0 Å². The zero-order valence-electron chi connectivity index (χ0n) is 28.7. The standard InChI is InChI=1S/C42H41N3O6/c1-3-50-34-19-17-31(18-20-34)43-23-9-21-41(2)35(38(43)47)36-39(48)45(33(27-46)25-28-11-5-4-6-12-28)37-40(49)44(24-10-22-42(36,37)51-41)32-16-15-29-13-7-8-14-30(29)26-32/h4-22,26,33,35-37,46H,3,23-25,27H2,1-2H3/t33-,35+,36+,37?,41-,42+/m1/s1. The van der Waals surface area contributed by atoms with Gasteiger partial charge in [0.2, 0.25) is 11.8 Å². The molecule has 1 N–H and O–H groups in total. The number of benzene rings is 4. The van der Waals surface area contributed by atoms with Gasteiger partial charge in [-0.25, -0.2) is 0 Å². The summed E-state index contributed by atoms with van der Waals surface area (Å²) in [5.74, 6) is -2.22. The van der Waals surface area contributed by atoms with Crippen LogP contribution in [-0.4, -0.2) is 77.3 Å². The topological polar surface area (TPSA) is 99.6 Å². The molecule has 4 aliphatic rings. The molecule has 0 radical (unpaired) electrons. The van der Waals surface area contributed by atoms with Crippen LogP contribution in [0.1, 0.15) is 19.4 Å². The van der Waals surface area contributed by atoms with Crippen LogP contribution in [0.4, 0.5) is 11.4 Å². The molecular weight excluding hydrogens is 642 g/mol. The molecule has 1 unspecified atom stereocenters. The first kappa shape index (κ1) is 32.9. The summed E-state index contributed by atoms with van der Waals surface area (Å²) in [6, 6.07) is 28.9. The highest BCUT2D eigenvalue weighted by Crippen LogP contribution is 2.58. The Morgan fingerprint density at radius 2 is 1.45 bits per heavy atom. The van der Waals surface area contributed by atoms with E-state index in [2.05, 4.69) is 0 Å². The van der Waals surface area contributed by atoms with Gasteiger partial charge in [0.05, 0.1) is 36.7 Å². The van der Waals surface area contributed by atoms with Crippen molar-refractivity contribution in [1.82, 2.24) is 4.90 Å². The molecule has 4 aromatic carbocycles. The van der Waals surface area contributed by atoms with Gasteiger partial charge in [0.1, 0.15) is 17.4 Å². The lowest BCUT2D eigenvalue weighted by molar-refractivity contribution is -0.147. The minimum atomic E-state index is -1.47. The van der Waals surface area contributed by atoms with Crippen molar-refractivity contribution < 1.29 is 29.0 Å². The maximum atomic E-state index is 15.2. The lowest BCUT2D eigenvalue weighted by atomic mass is 9.74. The van der Waals surface area contributed by atoms with Crippen molar-refractivity contribution in [2.24, 2.45) is 11.8 Å². The van der Waals surface area contributed by atoms with E-state index >= 15 is 9.59 Å². The van der Waals surface area contributed by atoms with Crippen molar-refractivity contribution in [3.8, 4) is 5.75 Å². The second-order valence-corrected chi connectivity index (χ2v) is 13.9. The molecule has 260 valence electrons. The minimum Gasteiger partial charge on any atom is -0.494 e. The van der Waals surface area contributed by atoms with Crippen LogP contribution < -0.4 is 14.5 Å². The van der Waals surface area contributed by atoms with Gasteiger partial charge in [-0.05, 0) is 73.0 Å². The van der Waals surface area contributed by atoms with E-state index in [1.54, 1.807) is 9.80 Å². The molecule has 6 atom stereocenters. The molecule has 51 heavy (non-hydrogen) atoms. The monoisotopic (exact) mass is 683 g/mol. The zero-order valence-corrected chi connectivity index (χ0v) is 28.7. The van der Waals surface area contributed by atoms with E-state index in [0.717, 1.165) is 16.3 Å². The van der Waals surface area contributed by atoms with Gasteiger partial charge in [0.25, 0.3) is 5.91 Å². The fourth-order valence-electron chi connectivity index (χ4n) is 8.69. The predicted octanol–water partition coefficient (Wildman–Crippen LogP) is 5.32. The minimum absolute atomic E-state index is 0.249. The highest BCUT2D eigenvalue weighted by atomic mass is 16.5. The van der Waals surface area contributed by atoms with Crippen molar-refractivity contribution in [2.75, 3.05) is 36.1 Å². The van der Waals surface area contributed by atoms with E-state index in [1.165, 1.54) is 4.90 Å².